The highest BCUT2D eigenvalue weighted by Crippen LogP contribution is 2.21. The van der Waals surface area contributed by atoms with Crippen LogP contribution in [-0.4, -0.2) is 31.2 Å². The highest BCUT2D eigenvalue weighted by atomic mass is 79.9. The number of rotatable bonds is 7. The van der Waals surface area contributed by atoms with Crippen LogP contribution < -0.4 is 15.5 Å². The Morgan fingerprint density at radius 3 is 2.86 bits per heavy atom. The molecule has 7 heteroatoms. The van der Waals surface area contributed by atoms with E-state index in [2.05, 4.69) is 38.4 Å². The average molecular weight is 368 g/mol. The molecule has 118 valence electrons. The number of carbonyl (C=O) groups is 2. The van der Waals surface area contributed by atoms with Crippen molar-refractivity contribution in [3.05, 3.63) is 40.9 Å². The third kappa shape index (κ3) is 6.09. The Morgan fingerprint density at radius 1 is 1.41 bits per heavy atom. The van der Waals surface area contributed by atoms with E-state index >= 15 is 0 Å². The van der Waals surface area contributed by atoms with Crippen LogP contribution in [0.25, 0.3) is 0 Å². The summed E-state index contributed by atoms with van der Waals surface area (Å²) in [6.07, 6.45) is 3.79. The van der Waals surface area contributed by atoms with Gasteiger partial charge in [0.2, 0.25) is 0 Å². The molecule has 0 atom stereocenters. The first-order valence-corrected chi connectivity index (χ1v) is 7.52. The Balaban J connectivity index is 2.68. The van der Waals surface area contributed by atoms with E-state index in [0.717, 1.165) is 10.9 Å². The minimum Gasteiger partial charge on any atom is -0.489 e. The second-order valence-corrected chi connectivity index (χ2v) is 5.15. The Labute approximate surface area is 137 Å². The average Bonchev–Trinajstić information content (AvgIpc) is 2.51. The summed E-state index contributed by atoms with van der Waals surface area (Å²) < 4.78 is 6.32. The van der Waals surface area contributed by atoms with E-state index in [1.807, 2.05) is 13.0 Å². The zero-order chi connectivity index (χ0) is 16.4. The van der Waals surface area contributed by atoms with Gasteiger partial charge in [-0.3, -0.25) is 9.59 Å². The maximum Gasteiger partial charge on any atom is 0.329 e. The number of halogens is 1. The molecule has 0 radical (unpaired) electrons. The van der Waals surface area contributed by atoms with E-state index in [1.54, 1.807) is 18.2 Å². The summed E-state index contributed by atoms with van der Waals surface area (Å²) in [5, 5.41) is 6.23. The number of ether oxygens (including phenoxy) is 1. The quantitative estimate of drug-likeness (QED) is 0.334. The van der Waals surface area contributed by atoms with Gasteiger partial charge in [-0.2, -0.15) is 5.10 Å². The zero-order valence-electron chi connectivity index (χ0n) is 12.3. The Bertz CT molecular complexity index is 573. The third-order valence-corrected chi connectivity index (χ3v) is 2.93. The smallest absolute Gasteiger partial charge is 0.329 e. The predicted octanol–water partition coefficient (Wildman–Crippen LogP) is 1.99. The van der Waals surface area contributed by atoms with Gasteiger partial charge in [-0.05, 0) is 24.6 Å². The maximum absolute atomic E-state index is 11.5. The normalized spacial score (nSPS) is 10.3. The van der Waals surface area contributed by atoms with Gasteiger partial charge in [0.15, 0.2) is 0 Å². The molecular weight excluding hydrogens is 350 g/mol. The second-order valence-electron chi connectivity index (χ2n) is 4.24. The molecule has 0 saturated heterocycles. The van der Waals surface area contributed by atoms with Crippen LogP contribution in [0.5, 0.6) is 5.75 Å². The number of carbonyl (C=O) groups excluding carboxylic acids is 2. The predicted molar refractivity (Wildman–Crippen MR) is 88.9 cm³/mol. The topological polar surface area (TPSA) is 79.8 Å². The molecule has 0 spiro atoms. The molecular formula is C15H18BrN3O3. The van der Waals surface area contributed by atoms with E-state index in [9.17, 15) is 9.59 Å². The van der Waals surface area contributed by atoms with Crippen LogP contribution in [0.15, 0.2) is 40.4 Å². The summed E-state index contributed by atoms with van der Waals surface area (Å²) >= 11 is 3.35. The van der Waals surface area contributed by atoms with Crippen LogP contribution in [0, 0.1) is 0 Å². The number of amides is 2. The van der Waals surface area contributed by atoms with E-state index in [1.165, 1.54) is 6.21 Å². The second kappa shape index (κ2) is 9.73. The van der Waals surface area contributed by atoms with Crippen molar-refractivity contribution in [1.29, 1.82) is 0 Å². The fourth-order valence-corrected chi connectivity index (χ4v) is 1.81. The van der Waals surface area contributed by atoms with Crippen molar-refractivity contribution in [2.45, 2.75) is 13.3 Å². The van der Waals surface area contributed by atoms with Gasteiger partial charge in [0.1, 0.15) is 12.4 Å². The molecule has 0 saturated carbocycles. The molecule has 1 rings (SSSR count). The lowest BCUT2D eigenvalue weighted by atomic mass is 10.2. The molecule has 0 fully saturated rings. The van der Waals surface area contributed by atoms with Gasteiger partial charge in [0, 0.05) is 16.6 Å². The van der Waals surface area contributed by atoms with Crippen LogP contribution in [-0.2, 0) is 9.59 Å². The van der Waals surface area contributed by atoms with E-state index in [-0.39, 0.29) is 0 Å². The molecule has 0 bridgehead atoms. The number of benzene rings is 1. The summed E-state index contributed by atoms with van der Waals surface area (Å²) in [4.78, 5) is 22.8. The fraction of sp³-hybridized carbons (Fsp3) is 0.267. The monoisotopic (exact) mass is 367 g/mol. The van der Waals surface area contributed by atoms with Crippen molar-refractivity contribution in [2.24, 2.45) is 5.10 Å². The summed E-state index contributed by atoms with van der Waals surface area (Å²) in [5.41, 5.74) is 2.83. The van der Waals surface area contributed by atoms with Gasteiger partial charge in [-0.15, -0.1) is 0 Å². The van der Waals surface area contributed by atoms with Gasteiger partial charge >= 0.3 is 11.8 Å². The highest BCUT2D eigenvalue weighted by Gasteiger charge is 2.11. The van der Waals surface area contributed by atoms with Crippen molar-refractivity contribution in [3.63, 3.8) is 0 Å². The Hall–Kier alpha value is -2.15. The lowest BCUT2D eigenvalue weighted by Crippen LogP contribution is -2.38. The molecule has 1 aromatic rings. The Kier molecular flexibility index (Phi) is 7.91. The first-order valence-electron chi connectivity index (χ1n) is 6.73. The number of nitrogens with one attached hydrogen (secondary N) is 2. The minimum absolute atomic E-state index is 0.355. The molecule has 0 unspecified atom stereocenters. The molecule has 6 nitrogen and oxygen atoms in total. The number of hydrogen-bond donors (Lipinski definition) is 2. The van der Waals surface area contributed by atoms with Gasteiger partial charge in [-0.1, -0.05) is 35.5 Å². The first kappa shape index (κ1) is 17.9. The van der Waals surface area contributed by atoms with Crippen LogP contribution in [0.2, 0.25) is 0 Å². The molecule has 2 N–H and O–H groups in total. The summed E-state index contributed by atoms with van der Waals surface area (Å²) in [5.74, 6) is -0.929. The minimum atomic E-state index is -0.812. The fourth-order valence-electron chi connectivity index (χ4n) is 1.43. The summed E-state index contributed by atoms with van der Waals surface area (Å²) in [7, 11) is 0. The number of nitrogens with zero attached hydrogens (tertiary/aromatic N) is 1. The molecule has 0 aliphatic carbocycles. The van der Waals surface area contributed by atoms with E-state index in [4.69, 9.17) is 4.74 Å². The number of hydrogen-bond acceptors (Lipinski definition) is 4. The standard InChI is InChI=1S/C15H18BrN3O3/c1-3-7-17-14(20)15(21)19-18-10-11-9-12(16)5-6-13(11)22-8-4-2/h4-6,9-10H,2-3,7-8H2,1H3,(H,17,20)(H,19,21)/b18-10-. The van der Waals surface area contributed by atoms with Crippen molar-refractivity contribution in [2.75, 3.05) is 13.2 Å². The van der Waals surface area contributed by atoms with Gasteiger partial charge < -0.3 is 10.1 Å². The highest BCUT2D eigenvalue weighted by molar-refractivity contribution is 9.10. The van der Waals surface area contributed by atoms with Crippen LogP contribution >= 0.6 is 15.9 Å². The molecule has 22 heavy (non-hydrogen) atoms. The lowest BCUT2D eigenvalue weighted by molar-refractivity contribution is -0.139. The summed E-state index contributed by atoms with van der Waals surface area (Å²) in [6, 6.07) is 5.38. The van der Waals surface area contributed by atoms with Gasteiger partial charge in [-0.25, -0.2) is 5.43 Å². The SMILES string of the molecule is C=CCOc1ccc(Br)cc1/C=N\NC(=O)C(=O)NCCC. The first-order chi connectivity index (χ1) is 10.6. The maximum atomic E-state index is 11.5. The third-order valence-electron chi connectivity index (χ3n) is 2.44. The van der Waals surface area contributed by atoms with Crippen LogP contribution in [0.4, 0.5) is 0 Å². The largest absolute Gasteiger partial charge is 0.489 e. The van der Waals surface area contributed by atoms with Gasteiger partial charge in [0.05, 0.1) is 6.21 Å². The zero-order valence-corrected chi connectivity index (χ0v) is 13.9. The summed E-state index contributed by atoms with van der Waals surface area (Å²) in [6.45, 7) is 6.28. The van der Waals surface area contributed by atoms with Gasteiger partial charge in [0.25, 0.3) is 0 Å². The van der Waals surface area contributed by atoms with Crippen molar-refractivity contribution >= 4 is 34.0 Å². The number of hydrazone groups is 1. The van der Waals surface area contributed by atoms with E-state index < -0.39 is 11.8 Å². The molecule has 0 aliphatic heterocycles. The molecule has 0 aromatic heterocycles. The van der Waals surface area contributed by atoms with Crippen molar-refractivity contribution in [1.82, 2.24) is 10.7 Å². The molecule has 1 aromatic carbocycles. The van der Waals surface area contributed by atoms with E-state index in [0.29, 0.717) is 24.5 Å². The van der Waals surface area contributed by atoms with Crippen LogP contribution in [0.3, 0.4) is 0 Å². The molecule has 0 aliphatic rings. The van der Waals surface area contributed by atoms with Crippen LogP contribution in [0.1, 0.15) is 18.9 Å². The molecule has 2 amide bonds. The van der Waals surface area contributed by atoms with Crippen molar-refractivity contribution < 1.29 is 14.3 Å². The Morgan fingerprint density at radius 2 is 2.18 bits per heavy atom. The lowest BCUT2D eigenvalue weighted by Gasteiger charge is -2.07. The molecule has 0 heterocycles. The van der Waals surface area contributed by atoms with Crippen molar-refractivity contribution in [3.8, 4) is 5.75 Å².